The standard InChI is InChI=1S/C16H15N3O2S2/c1-2-21-13-6-4-3-5-11(13)15(20)19-16-18-12-8-7-10(23-17)9-14(12)22-16/h3-9H,2,17H2,1H3,(H,18,19,20). The fourth-order valence-electron chi connectivity index (χ4n) is 2.13. The van der Waals surface area contributed by atoms with Crippen LogP contribution in [-0.4, -0.2) is 17.5 Å². The fraction of sp³-hybridized carbons (Fsp3) is 0.125. The third-order valence-electron chi connectivity index (χ3n) is 3.15. The maximum absolute atomic E-state index is 12.5. The Morgan fingerprint density at radius 1 is 1.35 bits per heavy atom. The lowest BCUT2D eigenvalue weighted by Crippen LogP contribution is -2.13. The van der Waals surface area contributed by atoms with E-state index in [1.54, 1.807) is 18.2 Å². The number of ether oxygens (including phenoxy) is 1. The van der Waals surface area contributed by atoms with E-state index in [4.69, 9.17) is 9.88 Å². The second-order valence-corrected chi connectivity index (χ2v) is 6.39. The van der Waals surface area contributed by atoms with E-state index in [9.17, 15) is 4.79 Å². The number of aromatic nitrogens is 1. The highest BCUT2D eigenvalue weighted by Crippen LogP contribution is 2.29. The molecule has 0 aliphatic carbocycles. The molecule has 1 amide bonds. The summed E-state index contributed by atoms with van der Waals surface area (Å²) < 4.78 is 6.47. The second-order valence-electron chi connectivity index (χ2n) is 4.65. The molecule has 0 fully saturated rings. The van der Waals surface area contributed by atoms with E-state index < -0.39 is 0 Å². The molecule has 0 aliphatic heterocycles. The first-order valence-electron chi connectivity index (χ1n) is 7.01. The van der Waals surface area contributed by atoms with Crippen molar-refractivity contribution < 1.29 is 9.53 Å². The minimum atomic E-state index is -0.235. The van der Waals surface area contributed by atoms with Crippen LogP contribution >= 0.6 is 23.3 Å². The summed E-state index contributed by atoms with van der Waals surface area (Å²) in [5.74, 6) is 0.331. The molecule has 1 heterocycles. The molecular weight excluding hydrogens is 330 g/mol. The Morgan fingerprint density at radius 3 is 2.96 bits per heavy atom. The van der Waals surface area contributed by atoms with Gasteiger partial charge in [-0.05, 0) is 49.2 Å². The number of hydrogen-bond donors (Lipinski definition) is 2. The Bertz CT molecular complexity index is 848. The molecule has 23 heavy (non-hydrogen) atoms. The molecule has 0 saturated heterocycles. The molecule has 0 spiro atoms. The van der Waals surface area contributed by atoms with Crippen molar-refractivity contribution in [2.24, 2.45) is 5.14 Å². The number of thiazole rings is 1. The molecule has 0 unspecified atom stereocenters. The van der Waals surface area contributed by atoms with Crippen LogP contribution in [0, 0.1) is 0 Å². The zero-order valence-corrected chi connectivity index (χ0v) is 14.0. The summed E-state index contributed by atoms with van der Waals surface area (Å²) in [5.41, 5.74) is 1.33. The van der Waals surface area contributed by atoms with Gasteiger partial charge in [0.2, 0.25) is 0 Å². The lowest BCUT2D eigenvalue weighted by Gasteiger charge is -2.08. The molecule has 0 bridgehead atoms. The number of nitrogens with two attached hydrogens (primary N) is 1. The lowest BCUT2D eigenvalue weighted by atomic mass is 10.2. The van der Waals surface area contributed by atoms with Gasteiger partial charge >= 0.3 is 0 Å². The molecule has 118 valence electrons. The molecule has 3 N–H and O–H groups in total. The van der Waals surface area contributed by atoms with Crippen LogP contribution in [0.5, 0.6) is 5.75 Å². The van der Waals surface area contributed by atoms with Crippen molar-refractivity contribution >= 4 is 44.5 Å². The van der Waals surface area contributed by atoms with Crippen molar-refractivity contribution in [1.29, 1.82) is 0 Å². The van der Waals surface area contributed by atoms with Crippen LogP contribution in [0.1, 0.15) is 17.3 Å². The SMILES string of the molecule is CCOc1ccccc1C(=O)Nc1nc2ccc(SN)cc2s1. The van der Waals surface area contributed by atoms with Crippen molar-refractivity contribution in [1.82, 2.24) is 4.98 Å². The van der Waals surface area contributed by atoms with Crippen molar-refractivity contribution in [3.8, 4) is 5.75 Å². The van der Waals surface area contributed by atoms with Gasteiger partial charge in [0.05, 0.1) is 22.4 Å². The van der Waals surface area contributed by atoms with Crippen LogP contribution in [-0.2, 0) is 0 Å². The van der Waals surface area contributed by atoms with Gasteiger partial charge in [-0.3, -0.25) is 15.3 Å². The number of hydrogen-bond acceptors (Lipinski definition) is 6. The quantitative estimate of drug-likeness (QED) is 0.686. The van der Waals surface area contributed by atoms with E-state index in [1.807, 2.05) is 31.2 Å². The molecule has 0 radical (unpaired) electrons. The lowest BCUT2D eigenvalue weighted by molar-refractivity contribution is 0.102. The summed E-state index contributed by atoms with van der Waals surface area (Å²) in [6, 6.07) is 12.9. The van der Waals surface area contributed by atoms with Gasteiger partial charge in [-0.25, -0.2) is 4.98 Å². The van der Waals surface area contributed by atoms with Crippen molar-refractivity contribution in [3.05, 3.63) is 48.0 Å². The predicted octanol–water partition coefficient (Wildman–Crippen LogP) is 3.91. The molecule has 3 rings (SSSR count). The maximum Gasteiger partial charge on any atom is 0.261 e. The van der Waals surface area contributed by atoms with Crippen LogP contribution in [0.25, 0.3) is 10.2 Å². The van der Waals surface area contributed by atoms with Gasteiger partial charge in [0.15, 0.2) is 5.13 Å². The third-order valence-corrected chi connectivity index (χ3v) is 4.61. The normalized spacial score (nSPS) is 10.7. The van der Waals surface area contributed by atoms with Gasteiger partial charge in [0.1, 0.15) is 5.75 Å². The van der Waals surface area contributed by atoms with Crippen molar-refractivity contribution in [2.45, 2.75) is 11.8 Å². The largest absolute Gasteiger partial charge is 0.493 e. The average Bonchev–Trinajstić information content (AvgIpc) is 2.96. The number of nitrogens with zero attached hydrogens (tertiary/aromatic N) is 1. The first-order valence-corrected chi connectivity index (χ1v) is 8.71. The van der Waals surface area contributed by atoms with E-state index in [2.05, 4.69) is 10.3 Å². The fourth-order valence-corrected chi connectivity index (χ4v) is 3.44. The van der Waals surface area contributed by atoms with E-state index in [-0.39, 0.29) is 5.91 Å². The molecule has 1 aromatic heterocycles. The number of amides is 1. The Kier molecular flexibility index (Phi) is 4.80. The summed E-state index contributed by atoms with van der Waals surface area (Å²) in [7, 11) is 0. The molecule has 0 aliphatic rings. The number of para-hydroxylation sites is 1. The summed E-state index contributed by atoms with van der Waals surface area (Å²) in [4.78, 5) is 17.8. The topological polar surface area (TPSA) is 77.2 Å². The van der Waals surface area contributed by atoms with Crippen LogP contribution in [0.3, 0.4) is 0 Å². The molecular formula is C16H15N3O2S2. The Balaban J connectivity index is 1.85. The highest BCUT2D eigenvalue weighted by atomic mass is 32.2. The molecule has 7 heteroatoms. The number of benzene rings is 2. The molecule has 0 saturated carbocycles. The monoisotopic (exact) mass is 345 g/mol. The Labute approximate surface area is 142 Å². The zero-order valence-electron chi connectivity index (χ0n) is 12.4. The van der Waals surface area contributed by atoms with Crippen LogP contribution in [0.4, 0.5) is 5.13 Å². The third kappa shape index (κ3) is 3.47. The van der Waals surface area contributed by atoms with Gasteiger partial charge in [0, 0.05) is 4.90 Å². The average molecular weight is 345 g/mol. The predicted molar refractivity (Wildman–Crippen MR) is 95.2 cm³/mol. The van der Waals surface area contributed by atoms with E-state index in [0.717, 1.165) is 15.1 Å². The molecule has 3 aromatic rings. The first kappa shape index (κ1) is 15.8. The number of nitrogens with one attached hydrogen (secondary N) is 1. The number of carbonyl (C=O) groups is 1. The zero-order chi connectivity index (χ0) is 16.2. The number of rotatable bonds is 5. The highest BCUT2D eigenvalue weighted by Gasteiger charge is 2.14. The summed E-state index contributed by atoms with van der Waals surface area (Å²) in [6.45, 7) is 2.39. The minimum absolute atomic E-state index is 0.235. The smallest absolute Gasteiger partial charge is 0.261 e. The number of fused-ring (bicyclic) bond motifs is 1. The Hall–Kier alpha value is -2.09. The van der Waals surface area contributed by atoms with Gasteiger partial charge in [-0.15, -0.1) is 0 Å². The van der Waals surface area contributed by atoms with E-state index in [0.29, 0.717) is 23.1 Å². The molecule has 0 atom stereocenters. The van der Waals surface area contributed by atoms with Gasteiger partial charge < -0.3 is 4.74 Å². The first-order chi connectivity index (χ1) is 11.2. The van der Waals surface area contributed by atoms with Gasteiger partial charge in [-0.2, -0.15) is 0 Å². The number of anilines is 1. The van der Waals surface area contributed by atoms with Gasteiger partial charge in [0.25, 0.3) is 5.91 Å². The summed E-state index contributed by atoms with van der Waals surface area (Å²) >= 11 is 2.60. The summed E-state index contributed by atoms with van der Waals surface area (Å²) in [5, 5.41) is 8.95. The van der Waals surface area contributed by atoms with Gasteiger partial charge in [-0.1, -0.05) is 23.5 Å². The Morgan fingerprint density at radius 2 is 2.17 bits per heavy atom. The highest BCUT2D eigenvalue weighted by molar-refractivity contribution is 7.97. The minimum Gasteiger partial charge on any atom is -0.493 e. The van der Waals surface area contributed by atoms with Crippen molar-refractivity contribution in [2.75, 3.05) is 11.9 Å². The summed E-state index contributed by atoms with van der Waals surface area (Å²) in [6.07, 6.45) is 0. The van der Waals surface area contributed by atoms with Crippen molar-refractivity contribution in [3.63, 3.8) is 0 Å². The molecule has 5 nitrogen and oxygen atoms in total. The van der Waals surface area contributed by atoms with Crippen LogP contribution < -0.4 is 15.2 Å². The number of carbonyl (C=O) groups excluding carboxylic acids is 1. The second kappa shape index (κ2) is 6.99. The van der Waals surface area contributed by atoms with E-state index >= 15 is 0 Å². The maximum atomic E-state index is 12.5. The molecule has 2 aromatic carbocycles. The van der Waals surface area contributed by atoms with Crippen LogP contribution in [0.15, 0.2) is 47.4 Å². The van der Waals surface area contributed by atoms with Crippen LogP contribution in [0.2, 0.25) is 0 Å². The van der Waals surface area contributed by atoms with E-state index in [1.165, 1.54) is 23.3 Å².